The minimum atomic E-state index is -0.257. The first-order chi connectivity index (χ1) is 14.9. The Hall–Kier alpha value is -2.80. The number of carbonyl (C=O) groups is 2. The highest BCUT2D eigenvalue weighted by Gasteiger charge is 2.33. The number of nitrogens with one attached hydrogen (secondary N) is 1. The van der Waals surface area contributed by atoms with E-state index in [1.54, 1.807) is 17.4 Å². The van der Waals surface area contributed by atoms with Crippen LogP contribution in [0.15, 0.2) is 42.3 Å². The minimum Gasteiger partial charge on any atom is -0.491 e. The molecule has 1 aliphatic heterocycles. The number of thiophene rings is 1. The quantitative estimate of drug-likeness (QED) is 0.628. The third kappa shape index (κ3) is 5.47. The van der Waals surface area contributed by atoms with Crippen LogP contribution in [0.4, 0.5) is 4.79 Å². The SMILES string of the molecule is C=CCN(CC(=O)N1CCc2sccc2[C@@H]1COc1ccc(C)cc1C)C(=O)NCC. The van der Waals surface area contributed by atoms with Crippen LogP contribution in [0.25, 0.3) is 0 Å². The lowest BCUT2D eigenvalue weighted by molar-refractivity contribution is -0.135. The molecule has 0 aliphatic carbocycles. The molecule has 1 aliphatic rings. The van der Waals surface area contributed by atoms with Crippen LogP contribution < -0.4 is 10.1 Å². The molecule has 1 aromatic heterocycles. The Morgan fingerprint density at radius 3 is 2.87 bits per heavy atom. The van der Waals surface area contributed by atoms with E-state index in [0.717, 1.165) is 23.3 Å². The lowest BCUT2D eigenvalue weighted by atomic mass is 10.0. The third-order valence-electron chi connectivity index (χ3n) is 5.43. The maximum absolute atomic E-state index is 13.3. The first kappa shape index (κ1) is 22.9. The molecular weight excluding hydrogens is 410 g/mol. The van der Waals surface area contributed by atoms with Crippen molar-refractivity contribution < 1.29 is 14.3 Å². The summed E-state index contributed by atoms with van der Waals surface area (Å²) in [5.41, 5.74) is 3.40. The molecule has 0 fully saturated rings. The summed E-state index contributed by atoms with van der Waals surface area (Å²) in [6, 6.07) is 7.75. The Morgan fingerprint density at radius 2 is 2.16 bits per heavy atom. The van der Waals surface area contributed by atoms with Gasteiger partial charge < -0.3 is 19.9 Å². The van der Waals surface area contributed by atoms with Crippen molar-refractivity contribution >= 4 is 23.3 Å². The molecule has 1 aromatic carbocycles. The highest BCUT2D eigenvalue weighted by Crippen LogP contribution is 2.34. The van der Waals surface area contributed by atoms with Gasteiger partial charge in [-0.1, -0.05) is 23.8 Å². The van der Waals surface area contributed by atoms with E-state index in [9.17, 15) is 9.59 Å². The molecule has 0 saturated carbocycles. The number of amides is 3. The average Bonchev–Trinajstić information content (AvgIpc) is 3.22. The Morgan fingerprint density at radius 1 is 1.35 bits per heavy atom. The number of benzene rings is 1. The highest BCUT2D eigenvalue weighted by atomic mass is 32.1. The predicted octanol–water partition coefficient (Wildman–Crippen LogP) is 4.09. The molecule has 6 nitrogen and oxygen atoms in total. The molecule has 0 radical (unpaired) electrons. The number of hydrogen-bond acceptors (Lipinski definition) is 4. The summed E-state index contributed by atoms with van der Waals surface area (Å²) in [7, 11) is 0. The van der Waals surface area contributed by atoms with Crippen molar-refractivity contribution in [2.75, 3.05) is 32.8 Å². The second kappa shape index (κ2) is 10.5. The molecule has 3 rings (SSSR count). The van der Waals surface area contributed by atoms with Crippen molar-refractivity contribution in [2.45, 2.75) is 33.2 Å². The largest absolute Gasteiger partial charge is 0.491 e. The van der Waals surface area contributed by atoms with Crippen LogP contribution in [0.3, 0.4) is 0 Å². The van der Waals surface area contributed by atoms with E-state index in [2.05, 4.69) is 36.3 Å². The van der Waals surface area contributed by atoms with Gasteiger partial charge >= 0.3 is 6.03 Å². The maximum atomic E-state index is 13.3. The Labute approximate surface area is 188 Å². The number of urea groups is 1. The lowest BCUT2D eigenvalue weighted by Gasteiger charge is -2.37. The van der Waals surface area contributed by atoms with E-state index < -0.39 is 0 Å². The molecule has 1 atom stereocenters. The van der Waals surface area contributed by atoms with Gasteiger partial charge in [0.25, 0.3) is 0 Å². The van der Waals surface area contributed by atoms with Crippen molar-refractivity contribution in [1.29, 1.82) is 0 Å². The molecule has 7 heteroatoms. The number of ether oxygens (including phenoxy) is 1. The summed E-state index contributed by atoms with van der Waals surface area (Å²) in [5.74, 6) is 0.746. The van der Waals surface area contributed by atoms with Crippen LogP contribution in [0.5, 0.6) is 5.75 Å². The number of fused-ring (bicyclic) bond motifs is 1. The molecule has 1 N–H and O–H groups in total. The van der Waals surface area contributed by atoms with Crippen LogP contribution in [0.1, 0.15) is 34.5 Å². The summed E-state index contributed by atoms with van der Waals surface area (Å²) < 4.78 is 6.18. The first-order valence-corrected chi connectivity index (χ1v) is 11.5. The molecule has 31 heavy (non-hydrogen) atoms. The van der Waals surface area contributed by atoms with Gasteiger partial charge in [0.1, 0.15) is 18.9 Å². The van der Waals surface area contributed by atoms with Crippen molar-refractivity contribution in [1.82, 2.24) is 15.1 Å². The number of carbonyl (C=O) groups excluding carboxylic acids is 2. The van der Waals surface area contributed by atoms with Gasteiger partial charge in [-0.15, -0.1) is 17.9 Å². The van der Waals surface area contributed by atoms with E-state index in [0.29, 0.717) is 26.2 Å². The summed E-state index contributed by atoms with van der Waals surface area (Å²) in [6.07, 6.45) is 2.46. The zero-order valence-electron chi connectivity index (χ0n) is 18.5. The van der Waals surface area contributed by atoms with E-state index in [4.69, 9.17) is 4.74 Å². The van der Waals surface area contributed by atoms with E-state index in [-0.39, 0.29) is 24.5 Å². The fraction of sp³-hybridized carbons (Fsp3) is 0.417. The van der Waals surface area contributed by atoms with Gasteiger partial charge in [0, 0.05) is 24.5 Å². The molecular formula is C24H31N3O3S. The van der Waals surface area contributed by atoms with Gasteiger partial charge in [0.05, 0.1) is 6.04 Å². The molecule has 0 saturated heterocycles. The number of rotatable bonds is 8. The smallest absolute Gasteiger partial charge is 0.318 e. The third-order valence-corrected chi connectivity index (χ3v) is 6.43. The summed E-state index contributed by atoms with van der Waals surface area (Å²) in [6.45, 7) is 11.5. The normalized spacial score (nSPS) is 15.2. The van der Waals surface area contributed by atoms with Crippen molar-refractivity contribution in [3.8, 4) is 5.75 Å². The molecule has 2 aromatic rings. The predicted molar refractivity (Wildman–Crippen MR) is 125 cm³/mol. The van der Waals surface area contributed by atoms with Crippen LogP contribution in [0, 0.1) is 13.8 Å². The summed E-state index contributed by atoms with van der Waals surface area (Å²) in [4.78, 5) is 30.3. The van der Waals surface area contributed by atoms with Gasteiger partial charge in [-0.2, -0.15) is 0 Å². The van der Waals surface area contributed by atoms with Crippen LogP contribution in [-0.2, 0) is 11.2 Å². The Balaban J connectivity index is 1.78. The number of nitrogens with zero attached hydrogens (tertiary/aromatic N) is 2. The molecule has 0 bridgehead atoms. The van der Waals surface area contributed by atoms with Crippen molar-refractivity contribution in [2.24, 2.45) is 0 Å². The molecule has 0 spiro atoms. The molecule has 166 valence electrons. The zero-order valence-corrected chi connectivity index (χ0v) is 19.3. The second-order valence-corrected chi connectivity index (χ2v) is 8.74. The van der Waals surface area contributed by atoms with Crippen molar-refractivity contribution in [3.63, 3.8) is 0 Å². The number of hydrogen-bond donors (Lipinski definition) is 1. The van der Waals surface area contributed by atoms with Gasteiger partial charge in [0.15, 0.2) is 0 Å². The summed E-state index contributed by atoms with van der Waals surface area (Å²) >= 11 is 1.72. The Bertz CT molecular complexity index is 940. The second-order valence-electron chi connectivity index (χ2n) is 7.74. The lowest BCUT2D eigenvalue weighted by Crippen LogP contribution is -2.49. The van der Waals surface area contributed by atoms with Gasteiger partial charge in [-0.3, -0.25) is 4.79 Å². The van der Waals surface area contributed by atoms with Crippen molar-refractivity contribution in [3.05, 3.63) is 63.9 Å². The highest BCUT2D eigenvalue weighted by molar-refractivity contribution is 7.10. The average molecular weight is 442 g/mol. The van der Waals surface area contributed by atoms with Gasteiger partial charge in [-0.05, 0) is 55.8 Å². The van der Waals surface area contributed by atoms with E-state index in [1.165, 1.54) is 15.3 Å². The molecule has 0 unspecified atom stereocenters. The van der Waals surface area contributed by atoms with Gasteiger partial charge in [0.2, 0.25) is 5.91 Å². The van der Waals surface area contributed by atoms with E-state index >= 15 is 0 Å². The van der Waals surface area contributed by atoms with Gasteiger partial charge in [-0.25, -0.2) is 4.79 Å². The zero-order chi connectivity index (χ0) is 22.4. The molecule has 2 heterocycles. The van der Waals surface area contributed by atoms with Crippen LogP contribution in [-0.4, -0.2) is 54.5 Å². The summed E-state index contributed by atoms with van der Waals surface area (Å²) in [5, 5.41) is 4.84. The van der Waals surface area contributed by atoms with Crippen LogP contribution in [0.2, 0.25) is 0 Å². The van der Waals surface area contributed by atoms with Crippen LogP contribution >= 0.6 is 11.3 Å². The number of aryl methyl sites for hydroxylation is 2. The maximum Gasteiger partial charge on any atom is 0.318 e. The standard InChI is InChI=1S/C24H31N3O3S/c1-5-11-26(24(29)25-6-2)15-23(28)27-12-9-22-19(10-13-31-22)20(27)16-30-21-8-7-17(3)14-18(21)4/h5,7-8,10,13-14,20H,1,6,9,11-12,15-16H2,2-4H3,(H,25,29)/t20-/m0/s1. The van der Waals surface area contributed by atoms with E-state index in [1.807, 2.05) is 30.9 Å². The Kier molecular flexibility index (Phi) is 7.74. The minimum absolute atomic E-state index is 0.0113. The first-order valence-electron chi connectivity index (χ1n) is 10.6. The fourth-order valence-corrected chi connectivity index (χ4v) is 4.83. The monoisotopic (exact) mass is 441 g/mol. The topological polar surface area (TPSA) is 61.9 Å². The molecule has 3 amide bonds. The fourth-order valence-electron chi connectivity index (χ4n) is 3.90.